The van der Waals surface area contributed by atoms with Crippen LogP contribution in [0.25, 0.3) is 0 Å². The first-order valence-corrected chi connectivity index (χ1v) is 8.19. The van der Waals surface area contributed by atoms with Crippen molar-refractivity contribution in [3.8, 4) is 0 Å². The summed E-state index contributed by atoms with van der Waals surface area (Å²) < 4.78 is 39.7. The van der Waals surface area contributed by atoms with E-state index < -0.39 is 20.7 Å². The normalized spacial score (nSPS) is 15.6. The topological polar surface area (TPSA) is 54.5 Å². The van der Waals surface area contributed by atoms with Crippen molar-refractivity contribution in [3.63, 3.8) is 0 Å². The highest BCUT2D eigenvalue weighted by Crippen LogP contribution is 2.33. The lowest BCUT2D eigenvalue weighted by Gasteiger charge is -2.19. The first-order valence-electron chi connectivity index (χ1n) is 6.75. The van der Waals surface area contributed by atoms with Crippen molar-refractivity contribution < 1.29 is 17.6 Å². The number of carbonyl (C=O) groups excluding carboxylic acids is 1. The summed E-state index contributed by atoms with van der Waals surface area (Å²) in [5, 5.41) is 0. The third kappa shape index (κ3) is 2.76. The van der Waals surface area contributed by atoms with Crippen molar-refractivity contribution in [1.29, 1.82) is 0 Å². The number of carbonyl (C=O) groups is 1. The summed E-state index contributed by atoms with van der Waals surface area (Å²) in [7, 11) is -3.89. The first kappa shape index (κ1) is 15.1. The number of sulfonamides is 1. The fourth-order valence-electron chi connectivity index (χ4n) is 2.14. The lowest BCUT2D eigenvalue weighted by molar-refractivity contribution is 0.0967. The van der Waals surface area contributed by atoms with Gasteiger partial charge in [-0.05, 0) is 31.0 Å². The molecule has 1 saturated carbocycles. The smallest absolute Gasteiger partial charge is 0.245 e. The van der Waals surface area contributed by atoms with E-state index in [0.717, 1.165) is 18.9 Å². The number of hydrogen-bond donors (Lipinski definition) is 0. The number of rotatable bonds is 6. The van der Waals surface area contributed by atoms with Gasteiger partial charge in [-0.3, -0.25) is 4.79 Å². The van der Waals surface area contributed by atoms with E-state index >= 15 is 0 Å². The Labute approximate surface area is 118 Å². The summed E-state index contributed by atoms with van der Waals surface area (Å²) >= 11 is 0. The van der Waals surface area contributed by atoms with Gasteiger partial charge in [0.1, 0.15) is 10.7 Å². The van der Waals surface area contributed by atoms with E-state index in [0.29, 0.717) is 0 Å². The first-order chi connectivity index (χ1) is 9.41. The molecular weight excluding hydrogens is 281 g/mol. The molecule has 0 aliphatic heterocycles. The Balaban J connectivity index is 2.45. The third-order valence-electron chi connectivity index (χ3n) is 3.49. The number of ketones is 1. The summed E-state index contributed by atoms with van der Waals surface area (Å²) in [6.45, 7) is 3.91. The van der Waals surface area contributed by atoms with Gasteiger partial charge in [0.25, 0.3) is 0 Å². The number of halogens is 1. The Hall–Kier alpha value is -1.27. The van der Waals surface area contributed by atoms with Crippen molar-refractivity contribution in [2.45, 2.75) is 31.6 Å². The maximum Gasteiger partial charge on any atom is 0.245 e. The largest absolute Gasteiger partial charge is 0.294 e. The van der Waals surface area contributed by atoms with Crippen LogP contribution in [0.3, 0.4) is 0 Å². The highest BCUT2D eigenvalue weighted by molar-refractivity contribution is 7.89. The van der Waals surface area contributed by atoms with Crippen LogP contribution >= 0.6 is 0 Å². The van der Waals surface area contributed by atoms with Crippen LogP contribution in [-0.2, 0) is 10.0 Å². The lowest BCUT2D eigenvalue weighted by atomic mass is 10.1. The number of hydrogen-bond acceptors (Lipinski definition) is 3. The summed E-state index contributed by atoms with van der Waals surface area (Å²) in [6, 6.07) is 3.59. The fraction of sp³-hybridized carbons (Fsp3) is 0.500. The quantitative estimate of drug-likeness (QED) is 0.758. The van der Waals surface area contributed by atoms with Gasteiger partial charge in [-0.15, -0.1) is 0 Å². The maximum absolute atomic E-state index is 13.9. The fourth-order valence-corrected chi connectivity index (χ4v) is 3.69. The molecule has 0 spiro atoms. The minimum absolute atomic E-state index is 0.0236. The molecule has 4 nitrogen and oxygen atoms in total. The van der Waals surface area contributed by atoms with E-state index in [1.807, 2.05) is 0 Å². The number of Topliss-reactive ketones (excluding diaryl/α,β-unsaturated/α-hetero) is 1. The maximum atomic E-state index is 13.9. The SMILES string of the molecule is CCN(CC)S(=O)(=O)c1cc(C(=O)C2CC2)ccc1F. The predicted molar refractivity (Wildman–Crippen MR) is 73.6 cm³/mol. The van der Waals surface area contributed by atoms with Crippen LogP contribution in [0.1, 0.15) is 37.0 Å². The molecule has 6 heteroatoms. The summed E-state index contributed by atoms with van der Waals surface area (Å²) in [4.78, 5) is 11.6. The standard InChI is InChI=1S/C14H18FNO3S/c1-3-16(4-2)20(18,19)13-9-11(7-8-12(13)15)14(17)10-5-6-10/h7-10H,3-6H2,1-2H3. The highest BCUT2D eigenvalue weighted by Gasteiger charge is 2.32. The molecule has 2 rings (SSSR count). The Morgan fingerprint density at radius 3 is 2.40 bits per heavy atom. The van der Waals surface area contributed by atoms with Gasteiger partial charge < -0.3 is 0 Å². The van der Waals surface area contributed by atoms with Gasteiger partial charge in [0, 0.05) is 24.6 Å². The molecule has 0 amide bonds. The summed E-state index contributed by atoms with van der Waals surface area (Å²) in [6.07, 6.45) is 1.66. The molecule has 20 heavy (non-hydrogen) atoms. The molecule has 0 aromatic heterocycles. The molecule has 0 N–H and O–H groups in total. The van der Waals surface area contributed by atoms with E-state index in [1.54, 1.807) is 13.8 Å². The molecule has 0 bridgehead atoms. The van der Waals surface area contributed by atoms with Crippen LogP contribution in [0.15, 0.2) is 23.1 Å². The zero-order valence-corrected chi connectivity index (χ0v) is 12.4. The molecule has 1 aliphatic rings. The molecule has 0 atom stereocenters. The molecule has 1 aromatic carbocycles. The van der Waals surface area contributed by atoms with Gasteiger partial charge in [-0.2, -0.15) is 4.31 Å². The molecule has 0 radical (unpaired) electrons. The molecule has 1 aliphatic carbocycles. The lowest BCUT2D eigenvalue weighted by Crippen LogP contribution is -2.31. The molecule has 0 unspecified atom stereocenters. The zero-order valence-electron chi connectivity index (χ0n) is 11.6. The number of benzene rings is 1. The predicted octanol–water partition coefficient (Wildman–Crippen LogP) is 2.45. The van der Waals surface area contributed by atoms with Crippen LogP contribution in [0, 0.1) is 11.7 Å². The minimum atomic E-state index is -3.89. The Morgan fingerprint density at radius 1 is 1.30 bits per heavy atom. The molecule has 1 aromatic rings. The van der Waals surface area contributed by atoms with Gasteiger partial charge in [0.05, 0.1) is 0 Å². The van der Waals surface area contributed by atoms with Gasteiger partial charge in [0.15, 0.2) is 5.78 Å². The Morgan fingerprint density at radius 2 is 1.90 bits per heavy atom. The van der Waals surface area contributed by atoms with E-state index in [4.69, 9.17) is 0 Å². The average molecular weight is 299 g/mol. The highest BCUT2D eigenvalue weighted by atomic mass is 32.2. The molecule has 0 heterocycles. The molecule has 0 saturated heterocycles. The van der Waals surface area contributed by atoms with E-state index in [-0.39, 0.29) is 30.4 Å². The van der Waals surface area contributed by atoms with Crippen LogP contribution in [0.4, 0.5) is 4.39 Å². The Kier molecular flexibility index (Phi) is 4.25. The van der Waals surface area contributed by atoms with Crippen molar-refractivity contribution in [1.82, 2.24) is 4.31 Å². The van der Waals surface area contributed by atoms with Crippen LogP contribution in [0.2, 0.25) is 0 Å². The van der Waals surface area contributed by atoms with E-state index in [1.165, 1.54) is 16.4 Å². The van der Waals surface area contributed by atoms with Crippen molar-refractivity contribution in [2.24, 2.45) is 5.92 Å². The third-order valence-corrected chi connectivity index (χ3v) is 5.55. The Bertz CT molecular complexity index is 619. The average Bonchev–Trinajstić information content (AvgIpc) is 3.23. The monoisotopic (exact) mass is 299 g/mol. The molecular formula is C14H18FNO3S. The summed E-state index contributed by atoms with van der Waals surface area (Å²) in [5.74, 6) is -0.935. The van der Waals surface area contributed by atoms with Gasteiger partial charge in [0.2, 0.25) is 10.0 Å². The van der Waals surface area contributed by atoms with Crippen LogP contribution < -0.4 is 0 Å². The minimum Gasteiger partial charge on any atom is -0.294 e. The number of nitrogens with zero attached hydrogens (tertiary/aromatic N) is 1. The second-order valence-electron chi connectivity index (χ2n) is 4.87. The second-order valence-corrected chi connectivity index (χ2v) is 6.78. The van der Waals surface area contributed by atoms with E-state index in [2.05, 4.69) is 0 Å². The van der Waals surface area contributed by atoms with Crippen molar-refractivity contribution in [2.75, 3.05) is 13.1 Å². The second kappa shape index (κ2) is 5.61. The summed E-state index contributed by atoms with van der Waals surface area (Å²) in [5.41, 5.74) is 0.277. The van der Waals surface area contributed by atoms with Crippen molar-refractivity contribution >= 4 is 15.8 Å². The van der Waals surface area contributed by atoms with Crippen LogP contribution in [0.5, 0.6) is 0 Å². The van der Waals surface area contributed by atoms with Gasteiger partial charge in [-0.25, -0.2) is 12.8 Å². The van der Waals surface area contributed by atoms with Gasteiger partial charge >= 0.3 is 0 Å². The van der Waals surface area contributed by atoms with Gasteiger partial charge in [-0.1, -0.05) is 13.8 Å². The zero-order chi connectivity index (χ0) is 14.9. The molecule has 110 valence electrons. The van der Waals surface area contributed by atoms with Crippen molar-refractivity contribution in [3.05, 3.63) is 29.6 Å². The van der Waals surface area contributed by atoms with Crippen LogP contribution in [-0.4, -0.2) is 31.6 Å². The van der Waals surface area contributed by atoms with E-state index in [9.17, 15) is 17.6 Å². The molecule has 1 fully saturated rings.